The number of hydrogen-bond acceptors (Lipinski definition) is 4. The SMILES string of the molecule is CCCn1nccc1CN1CCC(OCC(=O)O)CC1. The Morgan fingerprint density at radius 3 is 2.90 bits per heavy atom. The first-order valence-corrected chi connectivity index (χ1v) is 7.25. The van der Waals surface area contributed by atoms with Gasteiger partial charge in [-0.15, -0.1) is 0 Å². The first-order chi connectivity index (χ1) is 9.69. The topological polar surface area (TPSA) is 67.6 Å². The summed E-state index contributed by atoms with van der Waals surface area (Å²) in [5, 5.41) is 12.9. The number of carboxylic acids is 1. The van der Waals surface area contributed by atoms with Crippen LogP contribution in [0.5, 0.6) is 0 Å². The van der Waals surface area contributed by atoms with Gasteiger partial charge in [0.25, 0.3) is 0 Å². The molecule has 0 spiro atoms. The number of carbonyl (C=O) groups is 1. The highest BCUT2D eigenvalue weighted by Gasteiger charge is 2.21. The van der Waals surface area contributed by atoms with Crippen LogP contribution in [0.15, 0.2) is 12.3 Å². The van der Waals surface area contributed by atoms with Gasteiger partial charge in [0.15, 0.2) is 0 Å². The molecule has 0 aliphatic carbocycles. The van der Waals surface area contributed by atoms with E-state index in [1.165, 1.54) is 5.69 Å². The first kappa shape index (κ1) is 15.0. The lowest BCUT2D eigenvalue weighted by atomic mass is 10.1. The molecule has 0 amide bonds. The molecule has 112 valence electrons. The Hall–Kier alpha value is -1.40. The van der Waals surface area contributed by atoms with Crippen molar-refractivity contribution in [3.63, 3.8) is 0 Å². The Labute approximate surface area is 119 Å². The van der Waals surface area contributed by atoms with Gasteiger partial charge in [0.05, 0.1) is 11.8 Å². The number of likely N-dealkylation sites (tertiary alicyclic amines) is 1. The van der Waals surface area contributed by atoms with E-state index in [0.717, 1.165) is 45.4 Å². The average Bonchev–Trinajstić information content (AvgIpc) is 2.86. The predicted molar refractivity (Wildman–Crippen MR) is 74.4 cm³/mol. The lowest BCUT2D eigenvalue weighted by Gasteiger charge is -2.31. The van der Waals surface area contributed by atoms with E-state index in [1.54, 1.807) is 0 Å². The number of nitrogens with zero attached hydrogens (tertiary/aromatic N) is 3. The summed E-state index contributed by atoms with van der Waals surface area (Å²) < 4.78 is 7.41. The molecule has 0 bridgehead atoms. The van der Waals surface area contributed by atoms with Gasteiger partial charge >= 0.3 is 5.97 Å². The van der Waals surface area contributed by atoms with Gasteiger partial charge < -0.3 is 9.84 Å². The Balaban J connectivity index is 1.76. The highest BCUT2D eigenvalue weighted by Crippen LogP contribution is 2.16. The summed E-state index contributed by atoms with van der Waals surface area (Å²) in [7, 11) is 0. The van der Waals surface area contributed by atoms with Crippen molar-refractivity contribution in [2.75, 3.05) is 19.7 Å². The molecule has 1 N–H and O–H groups in total. The molecule has 0 saturated carbocycles. The molecule has 6 heteroatoms. The van der Waals surface area contributed by atoms with Gasteiger partial charge in [0.1, 0.15) is 6.61 Å². The molecule has 1 fully saturated rings. The van der Waals surface area contributed by atoms with Gasteiger partial charge in [-0.25, -0.2) is 4.79 Å². The van der Waals surface area contributed by atoms with E-state index in [-0.39, 0.29) is 12.7 Å². The van der Waals surface area contributed by atoms with Crippen molar-refractivity contribution in [2.24, 2.45) is 0 Å². The normalized spacial score (nSPS) is 17.4. The minimum Gasteiger partial charge on any atom is -0.480 e. The molecule has 1 saturated heterocycles. The fourth-order valence-corrected chi connectivity index (χ4v) is 2.56. The number of rotatable bonds is 7. The van der Waals surface area contributed by atoms with Gasteiger partial charge in [-0.1, -0.05) is 6.92 Å². The fraction of sp³-hybridized carbons (Fsp3) is 0.714. The van der Waals surface area contributed by atoms with E-state index >= 15 is 0 Å². The number of hydrogen-bond donors (Lipinski definition) is 1. The van der Waals surface area contributed by atoms with Crippen molar-refractivity contribution < 1.29 is 14.6 Å². The summed E-state index contributed by atoms with van der Waals surface area (Å²) in [4.78, 5) is 12.9. The highest BCUT2D eigenvalue weighted by molar-refractivity contribution is 5.68. The quantitative estimate of drug-likeness (QED) is 0.817. The molecule has 0 atom stereocenters. The van der Waals surface area contributed by atoms with Crippen molar-refractivity contribution in [1.29, 1.82) is 0 Å². The van der Waals surface area contributed by atoms with E-state index in [9.17, 15) is 4.79 Å². The molecule has 2 heterocycles. The van der Waals surface area contributed by atoms with Crippen LogP contribution in [0.2, 0.25) is 0 Å². The molecule has 0 radical (unpaired) electrons. The van der Waals surface area contributed by atoms with Gasteiger partial charge in [-0.05, 0) is 25.3 Å². The summed E-state index contributed by atoms with van der Waals surface area (Å²) in [6.45, 7) is 5.72. The second-order valence-electron chi connectivity index (χ2n) is 5.23. The maximum absolute atomic E-state index is 10.5. The molecule has 0 unspecified atom stereocenters. The van der Waals surface area contributed by atoms with Crippen LogP contribution in [-0.2, 0) is 22.6 Å². The second-order valence-corrected chi connectivity index (χ2v) is 5.23. The second kappa shape index (κ2) is 7.40. The van der Waals surface area contributed by atoms with Crippen molar-refractivity contribution in [2.45, 2.75) is 45.4 Å². The van der Waals surface area contributed by atoms with Crippen molar-refractivity contribution in [3.05, 3.63) is 18.0 Å². The van der Waals surface area contributed by atoms with Crippen LogP contribution in [0.3, 0.4) is 0 Å². The van der Waals surface area contributed by atoms with E-state index in [2.05, 4.69) is 27.7 Å². The summed E-state index contributed by atoms with van der Waals surface area (Å²) in [6, 6.07) is 2.07. The minimum absolute atomic E-state index is 0.0860. The number of aryl methyl sites for hydroxylation is 1. The highest BCUT2D eigenvalue weighted by atomic mass is 16.5. The maximum atomic E-state index is 10.5. The standard InChI is InChI=1S/C14H23N3O3/c1-2-7-17-12(3-6-15-17)10-16-8-4-13(5-9-16)20-11-14(18)19/h3,6,13H,2,4-5,7-11H2,1H3,(H,18,19). The number of piperidine rings is 1. The molecule has 1 aliphatic rings. The maximum Gasteiger partial charge on any atom is 0.329 e. The molecular weight excluding hydrogens is 258 g/mol. The number of carboxylic acid groups (broad SMARTS) is 1. The van der Waals surface area contributed by atoms with Crippen LogP contribution in [0.4, 0.5) is 0 Å². The predicted octanol–water partition coefficient (Wildman–Crippen LogP) is 1.36. The zero-order valence-corrected chi connectivity index (χ0v) is 12.0. The Bertz CT molecular complexity index is 425. The third-order valence-electron chi connectivity index (χ3n) is 3.60. The molecule has 20 heavy (non-hydrogen) atoms. The van der Waals surface area contributed by atoms with Crippen LogP contribution in [0.1, 0.15) is 31.9 Å². The van der Waals surface area contributed by atoms with Crippen LogP contribution in [0.25, 0.3) is 0 Å². The van der Waals surface area contributed by atoms with Crippen LogP contribution >= 0.6 is 0 Å². The zero-order chi connectivity index (χ0) is 14.4. The summed E-state index contributed by atoms with van der Waals surface area (Å²) >= 11 is 0. The average molecular weight is 281 g/mol. The number of aromatic nitrogens is 2. The Morgan fingerprint density at radius 1 is 1.50 bits per heavy atom. The van der Waals surface area contributed by atoms with Crippen molar-refractivity contribution in [1.82, 2.24) is 14.7 Å². The van der Waals surface area contributed by atoms with E-state index < -0.39 is 5.97 Å². The van der Waals surface area contributed by atoms with Crippen LogP contribution < -0.4 is 0 Å². The first-order valence-electron chi connectivity index (χ1n) is 7.25. The van der Waals surface area contributed by atoms with Crippen LogP contribution in [-0.4, -0.2) is 51.6 Å². The third kappa shape index (κ3) is 4.31. The lowest BCUT2D eigenvalue weighted by Crippen LogP contribution is -2.37. The molecule has 1 aromatic rings. The summed E-state index contributed by atoms with van der Waals surface area (Å²) in [6.07, 6.45) is 4.82. The summed E-state index contributed by atoms with van der Waals surface area (Å²) in [5.74, 6) is -0.893. The smallest absolute Gasteiger partial charge is 0.329 e. The van der Waals surface area contributed by atoms with E-state index in [0.29, 0.717) is 0 Å². The van der Waals surface area contributed by atoms with Gasteiger partial charge in [-0.2, -0.15) is 5.10 Å². The van der Waals surface area contributed by atoms with Crippen molar-refractivity contribution in [3.8, 4) is 0 Å². The number of ether oxygens (including phenoxy) is 1. The molecule has 6 nitrogen and oxygen atoms in total. The molecule has 0 aromatic carbocycles. The fourth-order valence-electron chi connectivity index (χ4n) is 2.56. The number of aliphatic carboxylic acids is 1. The largest absolute Gasteiger partial charge is 0.480 e. The summed E-state index contributed by atoms with van der Waals surface area (Å²) in [5.41, 5.74) is 1.25. The van der Waals surface area contributed by atoms with Gasteiger partial charge in [0.2, 0.25) is 0 Å². The Kier molecular flexibility index (Phi) is 5.55. The van der Waals surface area contributed by atoms with Gasteiger partial charge in [-0.3, -0.25) is 9.58 Å². The van der Waals surface area contributed by atoms with Gasteiger partial charge in [0, 0.05) is 32.4 Å². The van der Waals surface area contributed by atoms with Crippen molar-refractivity contribution >= 4 is 5.97 Å². The molecule has 1 aromatic heterocycles. The van der Waals surface area contributed by atoms with Crippen LogP contribution in [0, 0.1) is 0 Å². The minimum atomic E-state index is -0.893. The third-order valence-corrected chi connectivity index (χ3v) is 3.60. The monoisotopic (exact) mass is 281 g/mol. The molecule has 1 aliphatic heterocycles. The molecular formula is C14H23N3O3. The zero-order valence-electron chi connectivity index (χ0n) is 12.0. The Morgan fingerprint density at radius 2 is 2.25 bits per heavy atom. The van der Waals surface area contributed by atoms with E-state index in [1.807, 2.05) is 6.20 Å². The van der Waals surface area contributed by atoms with E-state index in [4.69, 9.17) is 9.84 Å². The molecule has 2 rings (SSSR count). The lowest BCUT2D eigenvalue weighted by molar-refractivity contribution is -0.145.